The number of carbonyl (C=O) groups excluding carboxylic acids is 1. The monoisotopic (exact) mass is 315 g/mol. The largest absolute Gasteiger partial charge is 0.304 e. The number of anilines is 1. The van der Waals surface area contributed by atoms with Crippen molar-refractivity contribution >= 4 is 33.3 Å². The zero-order valence-electron chi connectivity index (χ0n) is 10.2. The molecule has 2 heterocycles. The summed E-state index contributed by atoms with van der Waals surface area (Å²) >= 11 is 5.83. The van der Waals surface area contributed by atoms with Gasteiger partial charge in [-0.1, -0.05) is 11.6 Å². The van der Waals surface area contributed by atoms with Crippen LogP contribution in [-0.4, -0.2) is 29.1 Å². The van der Waals surface area contributed by atoms with Crippen LogP contribution in [0.15, 0.2) is 29.6 Å². The zero-order chi connectivity index (χ0) is 14.9. The Balaban J connectivity index is 2.37. The molecule has 2 aromatic rings. The maximum Gasteiger partial charge on any atom is 0.258 e. The third-order valence-electron chi connectivity index (χ3n) is 2.35. The van der Waals surface area contributed by atoms with Gasteiger partial charge in [0.15, 0.2) is 5.82 Å². The topological polar surface area (TPSA) is 120 Å². The average molecular weight is 316 g/mol. The lowest BCUT2D eigenvalue weighted by atomic mass is 10.2. The van der Waals surface area contributed by atoms with Gasteiger partial charge in [0.1, 0.15) is 4.90 Å². The summed E-state index contributed by atoms with van der Waals surface area (Å²) in [5, 5.41) is 11.4. The normalized spacial score (nSPS) is 11.3. The van der Waals surface area contributed by atoms with Gasteiger partial charge in [-0.25, -0.2) is 13.6 Å². The number of sulfonamides is 1. The molecule has 20 heavy (non-hydrogen) atoms. The molecule has 0 unspecified atom stereocenters. The number of nitrogens with zero attached hydrogens (tertiary/aromatic N) is 3. The molecule has 0 radical (unpaired) electrons. The van der Waals surface area contributed by atoms with E-state index in [1.54, 1.807) is 0 Å². The highest BCUT2D eigenvalue weighted by molar-refractivity contribution is 7.89. The Bertz CT molecular complexity index is 771. The second kappa shape index (κ2) is 5.19. The van der Waals surface area contributed by atoms with E-state index >= 15 is 0 Å². The molecule has 1 amide bonds. The number of carbonyl (C=O) groups is 1. The van der Waals surface area contributed by atoms with E-state index in [1.807, 2.05) is 0 Å². The summed E-state index contributed by atoms with van der Waals surface area (Å²) in [6, 6.07) is 1.40. The fourth-order valence-electron chi connectivity index (χ4n) is 1.50. The number of rotatable bonds is 3. The molecule has 106 valence electrons. The van der Waals surface area contributed by atoms with Crippen molar-refractivity contribution in [3.05, 3.63) is 35.2 Å². The van der Waals surface area contributed by atoms with Crippen molar-refractivity contribution in [3.8, 4) is 0 Å². The van der Waals surface area contributed by atoms with Crippen molar-refractivity contribution in [2.24, 2.45) is 12.2 Å². The highest BCUT2D eigenvalue weighted by Gasteiger charge is 2.21. The molecule has 0 aliphatic carbocycles. The first kappa shape index (κ1) is 14.4. The lowest BCUT2D eigenvalue weighted by molar-refractivity contribution is 0.102. The summed E-state index contributed by atoms with van der Waals surface area (Å²) < 4.78 is 24.0. The van der Waals surface area contributed by atoms with E-state index in [2.05, 4.69) is 15.4 Å². The van der Waals surface area contributed by atoms with Crippen LogP contribution in [0.4, 0.5) is 5.82 Å². The van der Waals surface area contributed by atoms with Crippen LogP contribution in [0, 0.1) is 0 Å². The SMILES string of the molecule is Cn1cc(S(N)(=O)=O)c(NC(=O)c2ccncc2Cl)n1. The van der Waals surface area contributed by atoms with Crippen molar-refractivity contribution in [2.75, 3.05) is 5.32 Å². The van der Waals surface area contributed by atoms with Crippen molar-refractivity contribution in [3.63, 3.8) is 0 Å². The Hall–Kier alpha value is -1.97. The van der Waals surface area contributed by atoms with Crippen molar-refractivity contribution < 1.29 is 13.2 Å². The van der Waals surface area contributed by atoms with Crippen LogP contribution < -0.4 is 10.5 Å². The zero-order valence-corrected chi connectivity index (χ0v) is 11.8. The number of amides is 1. The molecule has 0 atom stereocenters. The Morgan fingerprint density at radius 2 is 2.20 bits per heavy atom. The molecule has 0 saturated carbocycles. The lowest BCUT2D eigenvalue weighted by Crippen LogP contribution is -2.18. The molecular weight excluding hydrogens is 306 g/mol. The molecule has 0 spiro atoms. The molecule has 0 aliphatic rings. The summed E-state index contributed by atoms with van der Waals surface area (Å²) in [5.74, 6) is -0.770. The second-order valence-electron chi connectivity index (χ2n) is 3.87. The first-order valence-electron chi connectivity index (χ1n) is 5.26. The molecule has 0 bridgehead atoms. The minimum absolute atomic E-state index is 0.137. The predicted molar refractivity (Wildman–Crippen MR) is 71.8 cm³/mol. The van der Waals surface area contributed by atoms with E-state index < -0.39 is 15.9 Å². The number of primary sulfonamides is 1. The number of hydrogen-bond acceptors (Lipinski definition) is 5. The van der Waals surface area contributed by atoms with Crippen LogP contribution in [0.3, 0.4) is 0 Å². The molecule has 2 rings (SSSR count). The smallest absolute Gasteiger partial charge is 0.258 e. The van der Waals surface area contributed by atoms with E-state index in [0.29, 0.717) is 0 Å². The molecule has 0 saturated heterocycles. The maximum atomic E-state index is 12.0. The van der Waals surface area contributed by atoms with Crippen LogP contribution in [0.2, 0.25) is 5.02 Å². The van der Waals surface area contributed by atoms with Crippen molar-refractivity contribution in [1.82, 2.24) is 14.8 Å². The highest BCUT2D eigenvalue weighted by atomic mass is 35.5. The number of aryl methyl sites for hydroxylation is 1. The summed E-state index contributed by atoms with van der Waals surface area (Å²) in [5.41, 5.74) is 0.146. The number of hydrogen-bond donors (Lipinski definition) is 2. The van der Waals surface area contributed by atoms with Crippen LogP contribution in [-0.2, 0) is 17.1 Å². The molecule has 0 aliphatic heterocycles. The van der Waals surface area contributed by atoms with Crippen LogP contribution in [0.5, 0.6) is 0 Å². The van der Waals surface area contributed by atoms with Crippen LogP contribution in [0.25, 0.3) is 0 Å². The molecule has 0 aromatic carbocycles. The predicted octanol–water partition coefficient (Wildman–Crippen LogP) is 0.368. The average Bonchev–Trinajstić information content (AvgIpc) is 2.70. The molecular formula is C10H10ClN5O3S. The summed E-state index contributed by atoms with van der Waals surface area (Å²) in [7, 11) is -2.49. The Morgan fingerprint density at radius 1 is 1.50 bits per heavy atom. The fraction of sp³-hybridized carbons (Fsp3) is 0.100. The van der Waals surface area contributed by atoms with Crippen LogP contribution in [0.1, 0.15) is 10.4 Å². The van der Waals surface area contributed by atoms with Gasteiger partial charge in [0.25, 0.3) is 5.91 Å². The van der Waals surface area contributed by atoms with Gasteiger partial charge in [-0.15, -0.1) is 0 Å². The first-order valence-corrected chi connectivity index (χ1v) is 7.19. The van der Waals surface area contributed by atoms with Gasteiger partial charge in [-0.2, -0.15) is 5.10 Å². The maximum absolute atomic E-state index is 12.0. The van der Waals surface area contributed by atoms with Crippen LogP contribution >= 0.6 is 11.6 Å². The van der Waals surface area contributed by atoms with E-state index in [4.69, 9.17) is 16.7 Å². The molecule has 8 nitrogen and oxygen atoms in total. The standard InChI is InChI=1S/C10H10ClN5O3S/c1-16-5-8(20(12,18)19)9(15-16)14-10(17)6-2-3-13-4-7(6)11/h2-5H,1H3,(H2,12,18,19)(H,14,15,17). The molecule has 10 heteroatoms. The van der Waals surface area contributed by atoms with Crippen molar-refractivity contribution in [2.45, 2.75) is 4.90 Å². The molecule has 2 aromatic heterocycles. The van der Waals surface area contributed by atoms with Gasteiger partial charge >= 0.3 is 0 Å². The quantitative estimate of drug-likeness (QED) is 0.847. The number of halogens is 1. The van der Waals surface area contributed by atoms with Gasteiger partial charge in [-0.05, 0) is 6.07 Å². The summed E-state index contributed by atoms with van der Waals surface area (Å²) in [6.45, 7) is 0. The lowest BCUT2D eigenvalue weighted by Gasteiger charge is -2.05. The summed E-state index contributed by atoms with van der Waals surface area (Å²) in [4.78, 5) is 15.5. The molecule has 0 fully saturated rings. The third kappa shape index (κ3) is 2.95. The number of nitrogens with one attached hydrogen (secondary N) is 1. The Labute approximate surface area is 119 Å². The van der Waals surface area contributed by atoms with Gasteiger partial charge < -0.3 is 5.32 Å². The second-order valence-corrected chi connectivity index (χ2v) is 5.81. The number of nitrogens with two attached hydrogens (primary N) is 1. The third-order valence-corrected chi connectivity index (χ3v) is 3.56. The summed E-state index contributed by atoms with van der Waals surface area (Å²) in [6.07, 6.45) is 3.88. The molecule has 3 N–H and O–H groups in total. The van der Waals surface area contributed by atoms with E-state index in [0.717, 1.165) is 0 Å². The fourth-order valence-corrected chi connectivity index (χ4v) is 2.36. The van der Waals surface area contributed by atoms with Crippen molar-refractivity contribution in [1.29, 1.82) is 0 Å². The van der Waals surface area contributed by atoms with Gasteiger partial charge in [-0.3, -0.25) is 14.5 Å². The Morgan fingerprint density at radius 3 is 2.80 bits per heavy atom. The Kier molecular flexibility index (Phi) is 3.75. The number of pyridine rings is 1. The van der Waals surface area contributed by atoms with Gasteiger partial charge in [0.2, 0.25) is 10.0 Å². The highest BCUT2D eigenvalue weighted by Crippen LogP contribution is 2.20. The van der Waals surface area contributed by atoms with E-state index in [-0.39, 0.29) is 21.3 Å². The minimum Gasteiger partial charge on any atom is -0.304 e. The van der Waals surface area contributed by atoms with Gasteiger partial charge in [0, 0.05) is 25.6 Å². The minimum atomic E-state index is -3.99. The van der Waals surface area contributed by atoms with Gasteiger partial charge in [0.05, 0.1) is 10.6 Å². The first-order chi connectivity index (χ1) is 9.29. The number of aromatic nitrogens is 3. The van der Waals surface area contributed by atoms with E-state index in [9.17, 15) is 13.2 Å². The van der Waals surface area contributed by atoms with E-state index in [1.165, 1.54) is 36.4 Å².